The molecule has 2 N–H and O–H groups in total. The summed E-state index contributed by atoms with van der Waals surface area (Å²) in [5, 5.41) is 3.90. The third kappa shape index (κ3) is 5.25. The number of hydrogen-bond donors (Lipinski definition) is 2. The van der Waals surface area contributed by atoms with Crippen LogP contribution < -0.4 is 10.0 Å². The zero-order chi connectivity index (χ0) is 13.7. The van der Waals surface area contributed by atoms with Crippen molar-refractivity contribution in [2.75, 3.05) is 25.1 Å². The molecule has 0 amide bonds. The Bertz CT molecular complexity index is 367. The van der Waals surface area contributed by atoms with Crippen LogP contribution in [0.5, 0.6) is 0 Å². The summed E-state index contributed by atoms with van der Waals surface area (Å²) in [5.74, 6) is 0.647. The fourth-order valence-electron chi connectivity index (χ4n) is 3.13. The van der Waals surface area contributed by atoms with E-state index >= 15 is 0 Å². The maximum absolute atomic E-state index is 12.2. The van der Waals surface area contributed by atoms with Crippen molar-refractivity contribution in [3.8, 4) is 0 Å². The molecule has 2 unspecified atom stereocenters. The van der Waals surface area contributed by atoms with E-state index in [1.165, 1.54) is 6.42 Å². The van der Waals surface area contributed by atoms with Crippen LogP contribution in [0.2, 0.25) is 0 Å². The molecule has 0 aromatic rings. The first kappa shape index (κ1) is 15.6. The Kier molecular flexibility index (Phi) is 5.99. The molecule has 1 saturated heterocycles. The quantitative estimate of drug-likeness (QED) is 0.810. The van der Waals surface area contributed by atoms with Crippen molar-refractivity contribution in [2.24, 2.45) is 5.92 Å². The highest BCUT2D eigenvalue weighted by Crippen LogP contribution is 2.27. The van der Waals surface area contributed by atoms with Crippen molar-refractivity contribution in [1.29, 1.82) is 0 Å². The highest BCUT2D eigenvalue weighted by Gasteiger charge is 2.27. The Morgan fingerprint density at radius 1 is 1.21 bits per heavy atom. The highest BCUT2D eigenvalue weighted by molar-refractivity contribution is 7.99. The monoisotopic (exact) mass is 306 g/mol. The number of hydrogen-bond acceptors (Lipinski definition) is 4. The third-order valence-electron chi connectivity index (χ3n) is 4.22. The van der Waals surface area contributed by atoms with Gasteiger partial charge in [0.15, 0.2) is 0 Å². The van der Waals surface area contributed by atoms with Gasteiger partial charge >= 0.3 is 0 Å². The molecule has 4 nitrogen and oxygen atoms in total. The summed E-state index contributed by atoms with van der Waals surface area (Å²) in [7, 11) is -3.10. The maximum Gasteiger partial charge on any atom is 0.212 e. The van der Waals surface area contributed by atoms with E-state index in [0.717, 1.165) is 45.2 Å². The molecule has 2 aliphatic rings. The number of sulfonamides is 1. The first-order chi connectivity index (χ1) is 9.09. The lowest BCUT2D eigenvalue weighted by Crippen LogP contribution is -2.42. The molecule has 6 heteroatoms. The van der Waals surface area contributed by atoms with Crippen LogP contribution in [0.1, 0.15) is 38.5 Å². The lowest BCUT2D eigenvalue weighted by molar-refractivity contribution is 0.392. The molecule has 0 spiro atoms. The van der Waals surface area contributed by atoms with E-state index in [0.29, 0.717) is 16.9 Å². The summed E-state index contributed by atoms with van der Waals surface area (Å²) >= 11 is 1.87. The molecule has 0 aromatic heterocycles. The van der Waals surface area contributed by atoms with E-state index in [4.69, 9.17) is 0 Å². The Morgan fingerprint density at radius 3 is 2.63 bits per heavy atom. The van der Waals surface area contributed by atoms with Gasteiger partial charge in [-0.2, -0.15) is 11.8 Å². The second kappa shape index (κ2) is 7.29. The van der Waals surface area contributed by atoms with Crippen LogP contribution >= 0.6 is 11.8 Å². The van der Waals surface area contributed by atoms with Crippen molar-refractivity contribution in [2.45, 2.75) is 49.8 Å². The van der Waals surface area contributed by atoms with Crippen LogP contribution in [0.4, 0.5) is 0 Å². The van der Waals surface area contributed by atoms with Gasteiger partial charge in [-0.1, -0.05) is 6.42 Å². The predicted molar refractivity (Wildman–Crippen MR) is 82.1 cm³/mol. The van der Waals surface area contributed by atoms with Gasteiger partial charge in [0.25, 0.3) is 0 Å². The average Bonchev–Trinajstić information content (AvgIpc) is 2.39. The molecule has 112 valence electrons. The average molecular weight is 306 g/mol. The smallest absolute Gasteiger partial charge is 0.212 e. The van der Waals surface area contributed by atoms with E-state index in [1.54, 1.807) is 0 Å². The van der Waals surface area contributed by atoms with E-state index < -0.39 is 10.0 Å². The van der Waals surface area contributed by atoms with Gasteiger partial charge in [0.05, 0.1) is 5.75 Å². The molecular weight excluding hydrogens is 280 g/mol. The first-order valence-electron chi connectivity index (χ1n) is 7.32. The first-order valence-corrected chi connectivity index (χ1v) is 10.3. The molecule has 1 heterocycles. The van der Waals surface area contributed by atoms with Gasteiger partial charge in [-0.25, -0.2) is 13.1 Å². The Balaban J connectivity index is 1.82. The van der Waals surface area contributed by atoms with Crippen LogP contribution in [0.3, 0.4) is 0 Å². The minimum absolute atomic E-state index is 0.165. The van der Waals surface area contributed by atoms with Gasteiger partial charge < -0.3 is 5.32 Å². The summed E-state index contributed by atoms with van der Waals surface area (Å²) in [6.07, 6.45) is 8.46. The fourth-order valence-corrected chi connectivity index (χ4v) is 5.73. The number of nitrogens with one attached hydrogen (secondary N) is 2. The van der Waals surface area contributed by atoms with Crippen LogP contribution in [-0.2, 0) is 10.0 Å². The zero-order valence-electron chi connectivity index (χ0n) is 11.7. The molecule has 2 fully saturated rings. The largest absolute Gasteiger partial charge is 0.317 e. The zero-order valence-corrected chi connectivity index (χ0v) is 13.4. The maximum atomic E-state index is 12.2. The summed E-state index contributed by atoms with van der Waals surface area (Å²) < 4.78 is 27.4. The Morgan fingerprint density at radius 2 is 1.95 bits per heavy atom. The molecule has 0 aromatic carbocycles. The second-order valence-electron chi connectivity index (χ2n) is 5.81. The lowest BCUT2D eigenvalue weighted by Gasteiger charge is -2.29. The van der Waals surface area contributed by atoms with Crippen molar-refractivity contribution in [3.63, 3.8) is 0 Å². The standard InChI is InChI=1S/C13H26N2O2S2/c1-18-13-4-2-3-12(9-13)15-19(16,17)10-11-5-7-14-8-6-11/h11-15H,2-10H2,1H3. The van der Waals surface area contributed by atoms with Crippen LogP contribution in [0.15, 0.2) is 0 Å². The summed E-state index contributed by atoms with van der Waals surface area (Å²) in [4.78, 5) is 0. The van der Waals surface area contributed by atoms with E-state index in [2.05, 4.69) is 16.3 Å². The Hall–Kier alpha value is 0.220. The topological polar surface area (TPSA) is 58.2 Å². The fraction of sp³-hybridized carbons (Fsp3) is 1.00. The molecule has 0 bridgehead atoms. The van der Waals surface area contributed by atoms with Crippen LogP contribution in [-0.4, -0.2) is 44.8 Å². The lowest BCUT2D eigenvalue weighted by atomic mass is 9.96. The van der Waals surface area contributed by atoms with Crippen molar-refractivity contribution in [3.05, 3.63) is 0 Å². The molecule has 2 atom stereocenters. The SMILES string of the molecule is CSC1CCCC(NS(=O)(=O)CC2CCNCC2)C1. The van der Waals surface area contributed by atoms with E-state index in [1.807, 2.05) is 11.8 Å². The minimum Gasteiger partial charge on any atom is -0.317 e. The van der Waals surface area contributed by atoms with Crippen LogP contribution in [0, 0.1) is 5.92 Å². The Labute approximate surface area is 121 Å². The molecule has 2 rings (SSSR count). The molecule has 1 saturated carbocycles. The van der Waals surface area contributed by atoms with Gasteiger partial charge in [0.2, 0.25) is 10.0 Å². The predicted octanol–water partition coefficient (Wildman–Crippen LogP) is 1.58. The normalized spacial score (nSPS) is 30.4. The van der Waals surface area contributed by atoms with Gasteiger partial charge in [-0.05, 0) is 57.4 Å². The van der Waals surface area contributed by atoms with Crippen LogP contribution in [0.25, 0.3) is 0 Å². The second-order valence-corrected chi connectivity index (χ2v) is 8.75. The highest BCUT2D eigenvalue weighted by atomic mass is 32.2. The minimum atomic E-state index is -3.10. The summed E-state index contributed by atoms with van der Waals surface area (Å²) in [6.45, 7) is 1.91. The third-order valence-corrected chi connectivity index (χ3v) is 6.92. The van der Waals surface area contributed by atoms with E-state index in [-0.39, 0.29) is 6.04 Å². The van der Waals surface area contributed by atoms with Crippen molar-refractivity contribution < 1.29 is 8.42 Å². The summed E-state index contributed by atoms with van der Waals surface area (Å²) in [5.41, 5.74) is 0. The molecule has 0 radical (unpaired) electrons. The number of thioether (sulfide) groups is 1. The van der Waals surface area contributed by atoms with Crippen molar-refractivity contribution in [1.82, 2.24) is 10.0 Å². The summed E-state index contributed by atoms with van der Waals surface area (Å²) in [6, 6.07) is 0.165. The van der Waals surface area contributed by atoms with Gasteiger partial charge in [0.1, 0.15) is 0 Å². The molecule has 19 heavy (non-hydrogen) atoms. The molecule has 1 aliphatic carbocycles. The molecule has 1 aliphatic heterocycles. The number of piperidine rings is 1. The van der Waals surface area contributed by atoms with Gasteiger partial charge in [0, 0.05) is 11.3 Å². The number of rotatable bonds is 5. The van der Waals surface area contributed by atoms with E-state index in [9.17, 15) is 8.42 Å². The van der Waals surface area contributed by atoms with Gasteiger partial charge in [-0.3, -0.25) is 0 Å². The van der Waals surface area contributed by atoms with Crippen molar-refractivity contribution >= 4 is 21.8 Å². The molecular formula is C13H26N2O2S2. The van der Waals surface area contributed by atoms with Gasteiger partial charge in [-0.15, -0.1) is 0 Å².